The van der Waals surface area contributed by atoms with Crippen LogP contribution in [0.3, 0.4) is 0 Å². The smallest absolute Gasteiger partial charge is 0.336 e. The van der Waals surface area contributed by atoms with Gasteiger partial charge in [0.25, 0.3) is 0 Å². The second kappa shape index (κ2) is 5.00. The van der Waals surface area contributed by atoms with E-state index in [1.165, 1.54) is 11.3 Å². The van der Waals surface area contributed by atoms with Gasteiger partial charge in [0.05, 0.1) is 21.7 Å². The van der Waals surface area contributed by atoms with Crippen LogP contribution in [0.25, 0.3) is 21.5 Å². The minimum atomic E-state index is -0.931. The minimum absolute atomic E-state index is 0.290. The summed E-state index contributed by atoms with van der Waals surface area (Å²) in [6.45, 7) is 1.94. The number of hydrogen-bond acceptors (Lipinski definition) is 3. The fourth-order valence-electron chi connectivity index (χ4n) is 2.14. The van der Waals surface area contributed by atoms with Crippen molar-refractivity contribution in [3.8, 4) is 10.6 Å². The lowest BCUT2D eigenvalue weighted by atomic mass is 10.0. The normalized spacial score (nSPS) is 10.9. The molecule has 3 nitrogen and oxygen atoms in total. The number of aromatic nitrogens is 1. The number of pyridine rings is 1. The highest BCUT2D eigenvalue weighted by molar-refractivity contribution is 9.10. The fraction of sp³-hybridized carbons (Fsp3) is 0.0667. The van der Waals surface area contributed by atoms with Crippen LogP contribution in [0.15, 0.2) is 40.2 Å². The molecule has 2 heterocycles. The summed E-state index contributed by atoms with van der Waals surface area (Å²) in [7, 11) is 0. The molecule has 0 saturated carbocycles. The minimum Gasteiger partial charge on any atom is -0.478 e. The molecule has 1 N–H and O–H groups in total. The summed E-state index contributed by atoms with van der Waals surface area (Å²) in [6, 6.07) is 9.18. The van der Waals surface area contributed by atoms with E-state index in [-0.39, 0.29) is 0 Å². The monoisotopic (exact) mass is 347 g/mol. The maximum Gasteiger partial charge on any atom is 0.336 e. The summed E-state index contributed by atoms with van der Waals surface area (Å²) < 4.78 is 0.973. The predicted molar refractivity (Wildman–Crippen MR) is 84.5 cm³/mol. The van der Waals surface area contributed by atoms with Crippen LogP contribution >= 0.6 is 27.3 Å². The molecule has 5 heteroatoms. The Labute approximate surface area is 128 Å². The molecule has 0 saturated heterocycles. The molecule has 0 aliphatic carbocycles. The highest BCUT2D eigenvalue weighted by Gasteiger charge is 2.14. The molecule has 0 amide bonds. The molecule has 20 heavy (non-hydrogen) atoms. The fourth-order valence-corrected chi connectivity index (χ4v) is 3.53. The third-order valence-corrected chi connectivity index (χ3v) is 4.81. The van der Waals surface area contributed by atoms with Crippen molar-refractivity contribution in [3.63, 3.8) is 0 Å². The van der Waals surface area contributed by atoms with Gasteiger partial charge in [-0.3, -0.25) is 0 Å². The van der Waals surface area contributed by atoms with Crippen LogP contribution in [-0.2, 0) is 0 Å². The average Bonchev–Trinajstić information content (AvgIpc) is 2.85. The summed E-state index contributed by atoms with van der Waals surface area (Å²) in [5.74, 6) is -0.931. The maximum atomic E-state index is 11.5. The Morgan fingerprint density at radius 2 is 2.15 bits per heavy atom. The average molecular weight is 348 g/mol. The summed E-state index contributed by atoms with van der Waals surface area (Å²) in [5.41, 5.74) is 2.70. The molecular weight excluding hydrogens is 338 g/mol. The Morgan fingerprint density at radius 1 is 1.35 bits per heavy atom. The van der Waals surface area contributed by atoms with Gasteiger partial charge in [0.1, 0.15) is 0 Å². The van der Waals surface area contributed by atoms with Gasteiger partial charge in [-0.2, -0.15) is 0 Å². The second-order valence-electron chi connectivity index (χ2n) is 4.46. The van der Waals surface area contributed by atoms with Crippen LogP contribution in [-0.4, -0.2) is 16.1 Å². The van der Waals surface area contributed by atoms with E-state index in [4.69, 9.17) is 0 Å². The van der Waals surface area contributed by atoms with E-state index in [0.29, 0.717) is 16.6 Å². The molecule has 0 spiro atoms. The van der Waals surface area contributed by atoms with Gasteiger partial charge < -0.3 is 5.11 Å². The molecule has 0 radical (unpaired) electrons. The van der Waals surface area contributed by atoms with Crippen LogP contribution in [0.2, 0.25) is 0 Å². The number of thiophene rings is 1. The van der Waals surface area contributed by atoms with Crippen molar-refractivity contribution in [3.05, 3.63) is 51.3 Å². The standard InChI is InChI=1S/C15H10BrNO2S/c1-8-3-2-4-10-11(15(18)19)6-12(17-14(8)10)13-5-9(16)7-20-13/h2-7H,1H3,(H,18,19). The summed E-state index contributed by atoms with van der Waals surface area (Å²) in [4.78, 5) is 17.1. The van der Waals surface area contributed by atoms with E-state index in [2.05, 4.69) is 20.9 Å². The number of carboxylic acid groups (broad SMARTS) is 1. The number of aromatic carboxylic acids is 1. The van der Waals surface area contributed by atoms with Crippen LogP contribution in [0, 0.1) is 6.92 Å². The van der Waals surface area contributed by atoms with Crippen molar-refractivity contribution >= 4 is 44.1 Å². The SMILES string of the molecule is Cc1cccc2c(C(=O)O)cc(-c3cc(Br)cs3)nc12. The number of hydrogen-bond donors (Lipinski definition) is 1. The topological polar surface area (TPSA) is 50.2 Å². The Morgan fingerprint density at radius 3 is 2.80 bits per heavy atom. The van der Waals surface area contributed by atoms with Gasteiger partial charge in [-0.05, 0) is 40.5 Å². The maximum absolute atomic E-state index is 11.5. The van der Waals surface area contributed by atoms with Gasteiger partial charge in [0, 0.05) is 15.2 Å². The van der Waals surface area contributed by atoms with Gasteiger partial charge in [0.15, 0.2) is 0 Å². The second-order valence-corrected chi connectivity index (χ2v) is 6.29. The van der Waals surface area contributed by atoms with Crippen LogP contribution in [0.4, 0.5) is 0 Å². The molecule has 1 aromatic carbocycles. The molecule has 0 fully saturated rings. The molecule has 3 aromatic rings. The Bertz CT molecular complexity index is 826. The molecule has 0 bridgehead atoms. The van der Waals surface area contributed by atoms with Gasteiger partial charge in [-0.25, -0.2) is 9.78 Å². The van der Waals surface area contributed by atoms with Gasteiger partial charge in [-0.15, -0.1) is 11.3 Å². The molecule has 0 atom stereocenters. The van der Waals surface area contributed by atoms with E-state index < -0.39 is 5.97 Å². The van der Waals surface area contributed by atoms with Crippen molar-refractivity contribution < 1.29 is 9.90 Å². The first-order valence-corrected chi connectivity index (χ1v) is 7.61. The number of carbonyl (C=O) groups is 1. The first kappa shape index (κ1) is 13.3. The molecule has 3 rings (SSSR count). The first-order chi connectivity index (χ1) is 9.56. The lowest BCUT2D eigenvalue weighted by Gasteiger charge is -2.07. The zero-order valence-corrected chi connectivity index (χ0v) is 13.0. The Balaban J connectivity index is 2.35. The van der Waals surface area contributed by atoms with E-state index in [1.807, 2.05) is 30.5 Å². The lowest BCUT2D eigenvalue weighted by Crippen LogP contribution is -2.00. The van der Waals surface area contributed by atoms with Crippen molar-refractivity contribution in [2.24, 2.45) is 0 Å². The molecule has 0 aliphatic rings. The molecule has 2 aromatic heterocycles. The number of rotatable bonds is 2. The van der Waals surface area contributed by atoms with E-state index in [1.54, 1.807) is 12.1 Å². The van der Waals surface area contributed by atoms with Crippen molar-refractivity contribution in [2.75, 3.05) is 0 Å². The zero-order valence-electron chi connectivity index (χ0n) is 10.6. The van der Waals surface area contributed by atoms with Crippen molar-refractivity contribution in [1.82, 2.24) is 4.98 Å². The van der Waals surface area contributed by atoms with Gasteiger partial charge in [0.2, 0.25) is 0 Å². The zero-order chi connectivity index (χ0) is 14.3. The number of para-hydroxylation sites is 1. The van der Waals surface area contributed by atoms with E-state index in [0.717, 1.165) is 20.4 Å². The quantitative estimate of drug-likeness (QED) is 0.728. The largest absolute Gasteiger partial charge is 0.478 e. The predicted octanol–water partition coefficient (Wildman–Crippen LogP) is 4.73. The number of fused-ring (bicyclic) bond motifs is 1. The van der Waals surface area contributed by atoms with E-state index >= 15 is 0 Å². The number of carboxylic acids is 1. The van der Waals surface area contributed by atoms with Gasteiger partial charge >= 0.3 is 5.97 Å². The Hall–Kier alpha value is -1.72. The third-order valence-electron chi connectivity index (χ3n) is 3.09. The molecule has 0 aliphatic heterocycles. The summed E-state index contributed by atoms with van der Waals surface area (Å²) in [5, 5.41) is 12.1. The van der Waals surface area contributed by atoms with E-state index in [9.17, 15) is 9.90 Å². The summed E-state index contributed by atoms with van der Waals surface area (Å²) >= 11 is 4.94. The molecule has 100 valence electrons. The van der Waals surface area contributed by atoms with Crippen molar-refractivity contribution in [1.29, 1.82) is 0 Å². The van der Waals surface area contributed by atoms with Crippen LogP contribution in [0.1, 0.15) is 15.9 Å². The number of benzene rings is 1. The highest BCUT2D eigenvalue weighted by atomic mass is 79.9. The summed E-state index contributed by atoms with van der Waals surface area (Å²) in [6.07, 6.45) is 0. The van der Waals surface area contributed by atoms with Crippen LogP contribution in [0.5, 0.6) is 0 Å². The first-order valence-electron chi connectivity index (χ1n) is 5.94. The lowest BCUT2D eigenvalue weighted by molar-refractivity contribution is 0.0699. The number of halogens is 1. The molecular formula is C15H10BrNO2S. The van der Waals surface area contributed by atoms with Gasteiger partial charge in [-0.1, -0.05) is 18.2 Å². The van der Waals surface area contributed by atoms with Crippen molar-refractivity contribution in [2.45, 2.75) is 6.92 Å². The third kappa shape index (κ3) is 2.23. The highest BCUT2D eigenvalue weighted by Crippen LogP contribution is 2.32. The Kier molecular flexibility index (Phi) is 3.31. The molecule has 0 unspecified atom stereocenters. The van der Waals surface area contributed by atoms with Crippen LogP contribution < -0.4 is 0 Å². The number of nitrogens with zero attached hydrogens (tertiary/aromatic N) is 1. The number of aryl methyl sites for hydroxylation is 1.